The van der Waals surface area contributed by atoms with Crippen molar-refractivity contribution < 1.29 is 9.18 Å². The lowest BCUT2D eigenvalue weighted by Crippen LogP contribution is -2.12. The van der Waals surface area contributed by atoms with Gasteiger partial charge in [-0.3, -0.25) is 4.79 Å². The van der Waals surface area contributed by atoms with E-state index in [0.717, 1.165) is 9.13 Å². The van der Waals surface area contributed by atoms with Crippen molar-refractivity contribution in [1.29, 1.82) is 0 Å². The minimum absolute atomic E-state index is 0.0173. The van der Waals surface area contributed by atoms with Crippen LogP contribution in [0.5, 0.6) is 0 Å². The van der Waals surface area contributed by atoms with Crippen molar-refractivity contribution in [3.05, 3.63) is 61.9 Å². The van der Waals surface area contributed by atoms with E-state index in [1.165, 1.54) is 18.2 Å². The minimum Gasteiger partial charge on any atom is -0.322 e. The third kappa shape index (κ3) is 3.45. The second-order valence-corrected chi connectivity index (χ2v) is 5.62. The average molecular weight is 390 g/mol. The summed E-state index contributed by atoms with van der Waals surface area (Å²) in [5, 5.41) is 2.66. The van der Waals surface area contributed by atoms with Gasteiger partial charge in [0.1, 0.15) is 5.82 Å². The Balaban J connectivity index is 2.20. The lowest BCUT2D eigenvalue weighted by atomic mass is 10.1. The van der Waals surface area contributed by atoms with Crippen molar-refractivity contribution in [3.63, 3.8) is 0 Å². The van der Waals surface area contributed by atoms with Gasteiger partial charge in [-0.05, 0) is 65.4 Å². The van der Waals surface area contributed by atoms with E-state index in [0.29, 0.717) is 11.3 Å². The molecule has 0 aromatic heterocycles. The van der Waals surface area contributed by atoms with Crippen LogP contribution in [-0.4, -0.2) is 5.91 Å². The molecule has 0 radical (unpaired) electrons. The highest BCUT2D eigenvalue weighted by atomic mass is 127. The van der Waals surface area contributed by atoms with Crippen molar-refractivity contribution in [3.8, 4) is 0 Å². The zero-order chi connectivity index (χ0) is 14.0. The summed E-state index contributed by atoms with van der Waals surface area (Å²) in [4.78, 5) is 12.0. The molecule has 1 amide bonds. The molecular formula is C14H10ClFINO. The van der Waals surface area contributed by atoms with Gasteiger partial charge in [0.15, 0.2) is 0 Å². The Kier molecular flexibility index (Phi) is 4.42. The average Bonchev–Trinajstić information content (AvgIpc) is 2.37. The van der Waals surface area contributed by atoms with Crippen molar-refractivity contribution in [2.45, 2.75) is 6.92 Å². The van der Waals surface area contributed by atoms with Crippen LogP contribution < -0.4 is 5.32 Å². The summed E-state index contributed by atoms with van der Waals surface area (Å²) in [6.45, 7) is 1.98. The van der Waals surface area contributed by atoms with E-state index >= 15 is 0 Å². The van der Waals surface area contributed by atoms with Crippen LogP contribution in [0.2, 0.25) is 5.02 Å². The van der Waals surface area contributed by atoms with E-state index < -0.39 is 5.82 Å². The van der Waals surface area contributed by atoms with Crippen LogP contribution in [0, 0.1) is 16.3 Å². The first-order valence-corrected chi connectivity index (χ1v) is 6.95. The number of amides is 1. The Morgan fingerprint density at radius 2 is 2.00 bits per heavy atom. The second kappa shape index (κ2) is 5.88. The molecule has 2 aromatic rings. The molecule has 2 rings (SSSR count). The topological polar surface area (TPSA) is 29.1 Å². The van der Waals surface area contributed by atoms with Gasteiger partial charge < -0.3 is 5.32 Å². The molecule has 0 aliphatic heterocycles. The van der Waals surface area contributed by atoms with Crippen LogP contribution >= 0.6 is 34.2 Å². The Morgan fingerprint density at radius 3 is 2.63 bits per heavy atom. The molecule has 0 heterocycles. The van der Waals surface area contributed by atoms with Gasteiger partial charge in [0.25, 0.3) is 5.91 Å². The first kappa shape index (κ1) is 14.3. The predicted octanol–water partition coefficient (Wildman–Crippen LogP) is 4.64. The molecule has 2 nitrogen and oxygen atoms in total. The molecule has 5 heteroatoms. The quantitative estimate of drug-likeness (QED) is 0.745. The molecule has 0 spiro atoms. The first-order chi connectivity index (χ1) is 8.97. The molecule has 0 saturated carbocycles. The highest BCUT2D eigenvalue weighted by molar-refractivity contribution is 14.1. The fourth-order valence-corrected chi connectivity index (χ4v) is 2.21. The van der Waals surface area contributed by atoms with E-state index in [1.807, 2.05) is 13.0 Å². The standard InChI is InChI=1S/C14H10ClFINO/c1-8-2-3-9(6-13(8)17)14(19)18-10-4-5-12(16)11(15)7-10/h2-7H,1H3,(H,18,19). The van der Waals surface area contributed by atoms with Gasteiger partial charge in [-0.25, -0.2) is 4.39 Å². The van der Waals surface area contributed by atoms with Crippen LogP contribution in [0.3, 0.4) is 0 Å². The summed E-state index contributed by atoms with van der Waals surface area (Å²) in [6, 6.07) is 9.51. The Morgan fingerprint density at radius 1 is 1.26 bits per heavy atom. The maximum Gasteiger partial charge on any atom is 0.255 e. The molecule has 0 atom stereocenters. The molecule has 0 saturated heterocycles. The number of nitrogens with one attached hydrogen (secondary N) is 1. The summed E-state index contributed by atoms with van der Waals surface area (Å²) < 4.78 is 14.0. The number of hydrogen-bond donors (Lipinski definition) is 1. The van der Waals surface area contributed by atoms with Crippen molar-refractivity contribution in [2.75, 3.05) is 5.32 Å². The monoisotopic (exact) mass is 389 g/mol. The molecule has 1 N–H and O–H groups in total. The Labute approximate surface area is 129 Å². The second-order valence-electron chi connectivity index (χ2n) is 4.05. The van der Waals surface area contributed by atoms with Gasteiger partial charge in [-0.1, -0.05) is 17.7 Å². The van der Waals surface area contributed by atoms with Crippen molar-refractivity contribution >= 4 is 45.8 Å². The Hall–Kier alpha value is -1.14. The number of halogens is 3. The van der Waals surface area contributed by atoms with E-state index in [2.05, 4.69) is 27.9 Å². The van der Waals surface area contributed by atoms with Gasteiger partial charge in [0, 0.05) is 14.8 Å². The maximum absolute atomic E-state index is 13.0. The van der Waals surface area contributed by atoms with Crippen LogP contribution in [0.4, 0.5) is 10.1 Å². The maximum atomic E-state index is 13.0. The zero-order valence-corrected chi connectivity index (χ0v) is 12.9. The third-order valence-corrected chi connectivity index (χ3v) is 4.06. The summed E-state index contributed by atoms with van der Waals surface area (Å²) >= 11 is 7.84. The number of carbonyl (C=O) groups excluding carboxylic acids is 1. The van der Waals surface area contributed by atoms with Gasteiger partial charge in [-0.15, -0.1) is 0 Å². The van der Waals surface area contributed by atoms with Crippen LogP contribution in [0.25, 0.3) is 0 Å². The van der Waals surface area contributed by atoms with Gasteiger partial charge >= 0.3 is 0 Å². The number of carbonyl (C=O) groups is 1. The number of hydrogen-bond acceptors (Lipinski definition) is 1. The van der Waals surface area contributed by atoms with E-state index in [-0.39, 0.29) is 10.9 Å². The lowest BCUT2D eigenvalue weighted by Gasteiger charge is -2.07. The molecule has 2 aromatic carbocycles. The number of rotatable bonds is 2. The van der Waals surface area contributed by atoms with E-state index in [9.17, 15) is 9.18 Å². The smallest absolute Gasteiger partial charge is 0.255 e. The molecule has 0 fully saturated rings. The SMILES string of the molecule is Cc1ccc(C(=O)Nc2ccc(F)c(Cl)c2)cc1I. The number of benzene rings is 2. The molecule has 0 unspecified atom stereocenters. The van der Waals surface area contributed by atoms with E-state index in [4.69, 9.17) is 11.6 Å². The fourth-order valence-electron chi connectivity index (χ4n) is 1.51. The predicted molar refractivity (Wildman–Crippen MR) is 83.3 cm³/mol. The molecule has 98 valence electrons. The molecule has 0 aliphatic carbocycles. The van der Waals surface area contributed by atoms with Gasteiger partial charge in [0.05, 0.1) is 5.02 Å². The van der Waals surface area contributed by atoms with E-state index in [1.54, 1.807) is 12.1 Å². The van der Waals surface area contributed by atoms with Gasteiger partial charge in [0.2, 0.25) is 0 Å². The van der Waals surface area contributed by atoms with Crippen molar-refractivity contribution in [2.24, 2.45) is 0 Å². The highest BCUT2D eigenvalue weighted by Gasteiger charge is 2.09. The third-order valence-electron chi connectivity index (χ3n) is 2.61. The molecule has 19 heavy (non-hydrogen) atoms. The molecule has 0 aliphatic rings. The summed E-state index contributed by atoms with van der Waals surface area (Å²) in [7, 11) is 0. The number of aryl methyl sites for hydroxylation is 1. The van der Waals surface area contributed by atoms with Crippen LogP contribution in [0.15, 0.2) is 36.4 Å². The molecule has 0 bridgehead atoms. The first-order valence-electron chi connectivity index (χ1n) is 5.50. The summed E-state index contributed by atoms with van der Waals surface area (Å²) in [5.74, 6) is -0.759. The lowest BCUT2D eigenvalue weighted by molar-refractivity contribution is 0.102. The largest absolute Gasteiger partial charge is 0.322 e. The van der Waals surface area contributed by atoms with Crippen molar-refractivity contribution in [1.82, 2.24) is 0 Å². The fraction of sp³-hybridized carbons (Fsp3) is 0.0714. The van der Waals surface area contributed by atoms with Gasteiger partial charge in [-0.2, -0.15) is 0 Å². The highest BCUT2D eigenvalue weighted by Crippen LogP contribution is 2.20. The minimum atomic E-state index is -0.510. The Bertz CT molecular complexity index is 645. The molecular weight excluding hydrogens is 380 g/mol. The normalized spacial score (nSPS) is 10.3. The summed E-state index contributed by atoms with van der Waals surface area (Å²) in [5.41, 5.74) is 2.13. The zero-order valence-electron chi connectivity index (χ0n) is 10.0. The van der Waals surface area contributed by atoms with Crippen LogP contribution in [0.1, 0.15) is 15.9 Å². The summed E-state index contributed by atoms with van der Waals surface area (Å²) in [6.07, 6.45) is 0. The van der Waals surface area contributed by atoms with Crippen LogP contribution in [-0.2, 0) is 0 Å². The number of anilines is 1.